The Morgan fingerprint density at radius 2 is 2.05 bits per heavy atom. The zero-order chi connectivity index (χ0) is 14.8. The molecule has 2 aromatic heterocycles. The quantitative estimate of drug-likeness (QED) is 0.723. The van der Waals surface area contributed by atoms with Crippen molar-refractivity contribution in [2.45, 2.75) is 20.4 Å². The van der Waals surface area contributed by atoms with Gasteiger partial charge in [-0.05, 0) is 37.6 Å². The van der Waals surface area contributed by atoms with Gasteiger partial charge >= 0.3 is 0 Å². The third-order valence-corrected chi connectivity index (χ3v) is 3.73. The van der Waals surface area contributed by atoms with Crippen molar-refractivity contribution in [1.29, 1.82) is 0 Å². The van der Waals surface area contributed by atoms with Gasteiger partial charge in [-0.1, -0.05) is 29.3 Å². The van der Waals surface area contributed by atoms with Crippen LogP contribution in [0.2, 0.25) is 5.02 Å². The fourth-order valence-electron chi connectivity index (χ4n) is 2.40. The number of hydrogen-bond donors (Lipinski definition) is 0. The molecule has 0 fully saturated rings. The Morgan fingerprint density at radius 1 is 1.19 bits per heavy atom. The minimum atomic E-state index is 0.700. The van der Waals surface area contributed by atoms with E-state index in [1.807, 2.05) is 43.6 Å². The lowest BCUT2D eigenvalue weighted by atomic mass is 10.1. The van der Waals surface area contributed by atoms with Gasteiger partial charge in [0.25, 0.3) is 0 Å². The van der Waals surface area contributed by atoms with Crippen molar-refractivity contribution < 1.29 is 0 Å². The summed E-state index contributed by atoms with van der Waals surface area (Å²) in [4.78, 5) is 8.78. The van der Waals surface area contributed by atoms with Crippen LogP contribution in [0.25, 0.3) is 11.4 Å². The van der Waals surface area contributed by atoms with Crippen molar-refractivity contribution in [2.24, 2.45) is 0 Å². The van der Waals surface area contributed by atoms with Crippen LogP contribution in [0.15, 0.2) is 48.9 Å². The number of benzene rings is 1. The first kappa shape index (κ1) is 13.8. The lowest BCUT2D eigenvalue weighted by molar-refractivity contribution is 0.805. The van der Waals surface area contributed by atoms with Gasteiger partial charge in [0.2, 0.25) is 0 Å². The molecule has 0 unspecified atom stereocenters. The average molecular weight is 298 g/mol. The van der Waals surface area contributed by atoms with Crippen molar-refractivity contribution in [3.05, 3.63) is 70.8 Å². The summed E-state index contributed by atoms with van der Waals surface area (Å²) in [6.45, 7) is 4.76. The summed E-state index contributed by atoms with van der Waals surface area (Å²) in [5, 5.41) is 0.782. The van der Waals surface area contributed by atoms with Gasteiger partial charge in [0.15, 0.2) is 0 Å². The first-order chi connectivity index (χ1) is 10.1. The van der Waals surface area contributed by atoms with Crippen LogP contribution in [0.4, 0.5) is 0 Å². The molecule has 1 aromatic carbocycles. The molecule has 0 radical (unpaired) electrons. The highest BCUT2D eigenvalue weighted by atomic mass is 35.5. The van der Waals surface area contributed by atoms with Gasteiger partial charge in [-0.25, -0.2) is 4.98 Å². The van der Waals surface area contributed by atoms with Gasteiger partial charge < -0.3 is 4.57 Å². The number of aromatic nitrogens is 3. The highest BCUT2D eigenvalue weighted by Gasteiger charge is 2.10. The molecule has 0 N–H and O–H groups in total. The molecule has 0 saturated carbocycles. The van der Waals surface area contributed by atoms with Gasteiger partial charge in [-0.3, -0.25) is 4.98 Å². The molecule has 106 valence electrons. The largest absolute Gasteiger partial charge is 0.326 e. The van der Waals surface area contributed by atoms with Crippen LogP contribution < -0.4 is 0 Å². The summed E-state index contributed by atoms with van der Waals surface area (Å²) in [7, 11) is 0. The Hall–Kier alpha value is -2.13. The van der Waals surface area contributed by atoms with Crippen molar-refractivity contribution in [1.82, 2.24) is 14.5 Å². The monoisotopic (exact) mass is 297 g/mol. The number of pyridine rings is 1. The molecule has 2 heterocycles. The molecule has 3 aromatic rings. The molecule has 0 aliphatic heterocycles. The SMILES string of the molecule is Cc1ccc(Cl)c(Cn2cc(C)nc2-c2cccnc2)c1. The molecule has 0 amide bonds. The summed E-state index contributed by atoms with van der Waals surface area (Å²) in [5.41, 5.74) is 4.29. The highest BCUT2D eigenvalue weighted by molar-refractivity contribution is 6.31. The third-order valence-electron chi connectivity index (χ3n) is 3.36. The summed E-state index contributed by atoms with van der Waals surface area (Å²) in [6, 6.07) is 10.0. The van der Waals surface area contributed by atoms with E-state index in [0.29, 0.717) is 6.54 Å². The molecular formula is C17H16ClN3. The number of rotatable bonds is 3. The topological polar surface area (TPSA) is 30.7 Å². The highest BCUT2D eigenvalue weighted by Crippen LogP contribution is 2.23. The Kier molecular flexibility index (Phi) is 3.76. The summed E-state index contributed by atoms with van der Waals surface area (Å²) < 4.78 is 2.12. The second-order valence-corrected chi connectivity index (χ2v) is 5.58. The van der Waals surface area contributed by atoms with Gasteiger partial charge in [-0.15, -0.1) is 0 Å². The minimum absolute atomic E-state index is 0.700. The van der Waals surface area contributed by atoms with Gasteiger partial charge in [-0.2, -0.15) is 0 Å². The Morgan fingerprint density at radius 3 is 2.81 bits per heavy atom. The van der Waals surface area contributed by atoms with Gasteiger partial charge in [0.05, 0.1) is 12.2 Å². The standard InChI is InChI=1S/C17H16ClN3/c1-12-5-6-16(18)15(8-12)11-21-10-13(2)20-17(21)14-4-3-7-19-9-14/h3-10H,11H2,1-2H3. The number of aryl methyl sites for hydroxylation is 2. The van der Waals surface area contributed by atoms with Crippen molar-refractivity contribution >= 4 is 11.6 Å². The number of halogens is 1. The van der Waals surface area contributed by atoms with Crippen molar-refractivity contribution in [2.75, 3.05) is 0 Å². The van der Waals surface area contributed by atoms with E-state index in [1.54, 1.807) is 6.20 Å². The number of imidazole rings is 1. The maximum absolute atomic E-state index is 6.31. The number of nitrogens with zero attached hydrogens (tertiary/aromatic N) is 3. The van der Waals surface area contributed by atoms with Crippen LogP contribution in [0.1, 0.15) is 16.8 Å². The van der Waals surface area contributed by atoms with Crippen LogP contribution in [0, 0.1) is 13.8 Å². The van der Waals surface area contributed by atoms with E-state index in [2.05, 4.69) is 27.5 Å². The van der Waals surface area contributed by atoms with E-state index in [9.17, 15) is 0 Å². The summed E-state index contributed by atoms with van der Waals surface area (Å²) >= 11 is 6.31. The second-order valence-electron chi connectivity index (χ2n) is 5.17. The Bertz CT molecular complexity index is 763. The molecule has 0 atom stereocenters. The first-order valence-corrected chi connectivity index (χ1v) is 7.20. The van der Waals surface area contributed by atoms with E-state index >= 15 is 0 Å². The molecule has 0 spiro atoms. The molecular weight excluding hydrogens is 282 g/mol. The molecule has 21 heavy (non-hydrogen) atoms. The average Bonchev–Trinajstić information content (AvgIpc) is 2.85. The van der Waals surface area contributed by atoms with Crippen molar-refractivity contribution in [3.63, 3.8) is 0 Å². The molecule has 0 aliphatic carbocycles. The lowest BCUT2D eigenvalue weighted by Crippen LogP contribution is -2.02. The zero-order valence-electron chi connectivity index (χ0n) is 12.0. The van der Waals surface area contributed by atoms with E-state index in [1.165, 1.54) is 5.56 Å². The molecule has 3 nitrogen and oxygen atoms in total. The fourth-order valence-corrected chi connectivity index (χ4v) is 2.58. The molecule has 4 heteroatoms. The minimum Gasteiger partial charge on any atom is -0.326 e. The Balaban J connectivity index is 2.02. The first-order valence-electron chi connectivity index (χ1n) is 6.82. The van der Waals surface area contributed by atoms with Crippen LogP contribution >= 0.6 is 11.6 Å². The van der Waals surface area contributed by atoms with E-state index in [-0.39, 0.29) is 0 Å². The van der Waals surface area contributed by atoms with Crippen LogP contribution in [-0.4, -0.2) is 14.5 Å². The van der Waals surface area contributed by atoms with Gasteiger partial charge in [0.1, 0.15) is 5.82 Å². The zero-order valence-corrected chi connectivity index (χ0v) is 12.8. The molecule has 3 rings (SSSR count). The Labute approximate surface area is 129 Å². The van der Waals surface area contributed by atoms with E-state index in [0.717, 1.165) is 27.7 Å². The van der Waals surface area contributed by atoms with E-state index < -0.39 is 0 Å². The van der Waals surface area contributed by atoms with Crippen molar-refractivity contribution in [3.8, 4) is 11.4 Å². The lowest BCUT2D eigenvalue weighted by Gasteiger charge is -2.10. The van der Waals surface area contributed by atoms with Gasteiger partial charge in [0, 0.05) is 29.2 Å². The second kappa shape index (κ2) is 5.70. The number of hydrogen-bond acceptors (Lipinski definition) is 2. The smallest absolute Gasteiger partial charge is 0.142 e. The van der Waals surface area contributed by atoms with E-state index in [4.69, 9.17) is 11.6 Å². The van der Waals surface area contributed by atoms with Crippen LogP contribution in [0.3, 0.4) is 0 Å². The molecule has 0 bridgehead atoms. The van der Waals surface area contributed by atoms with Crippen LogP contribution in [-0.2, 0) is 6.54 Å². The maximum Gasteiger partial charge on any atom is 0.142 e. The molecule has 0 aliphatic rings. The normalized spacial score (nSPS) is 10.8. The summed E-state index contributed by atoms with van der Waals surface area (Å²) in [5.74, 6) is 0.915. The predicted molar refractivity (Wildman–Crippen MR) is 85.5 cm³/mol. The predicted octanol–water partition coefficient (Wildman–Crippen LogP) is 4.26. The fraction of sp³-hybridized carbons (Fsp3) is 0.176. The maximum atomic E-state index is 6.31. The van der Waals surface area contributed by atoms with Crippen LogP contribution in [0.5, 0.6) is 0 Å². The summed E-state index contributed by atoms with van der Waals surface area (Å²) in [6.07, 6.45) is 5.64. The third kappa shape index (κ3) is 2.98. The molecule has 0 saturated heterocycles.